The summed E-state index contributed by atoms with van der Waals surface area (Å²) in [7, 11) is 2.18. The van der Waals surface area contributed by atoms with Crippen LogP contribution in [-0.2, 0) is 4.74 Å². The molecule has 0 spiro atoms. The van der Waals surface area contributed by atoms with Crippen LogP contribution in [0, 0.1) is 5.92 Å². The first-order valence-electron chi connectivity index (χ1n) is 7.51. The molecule has 4 heteroatoms. The molecule has 3 atom stereocenters. The van der Waals surface area contributed by atoms with Gasteiger partial charge in [0, 0.05) is 24.6 Å². The molecule has 2 fully saturated rings. The Balaban J connectivity index is 1.78. The first-order valence-corrected chi connectivity index (χ1v) is 7.51. The van der Waals surface area contributed by atoms with Crippen LogP contribution in [0.25, 0.3) is 0 Å². The second-order valence-electron chi connectivity index (χ2n) is 5.93. The average molecular weight is 276 g/mol. The normalized spacial score (nSPS) is 30.8. The molecule has 3 unspecified atom stereocenters. The Morgan fingerprint density at radius 1 is 1.40 bits per heavy atom. The SMILES string of the molecule is CN1CC(CN)CC1c1ccccc1OC1CCOC1. The first kappa shape index (κ1) is 13.9. The number of hydrogen-bond donors (Lipinski definition) is 1. The van der Waals surface area contributed by atoms with Crippen molar-refractivity contribution >= 4 is 0 Å². The third kappa shape index (κ3) is 2.82. The Bertz CT molecular complexity index is 446. The predicted molar refractivity (Wildman–Crippen MR) is 78.8 cm³/mol. The molecule has 2 heterocycles. The summed E-state index contributed by atoms with van der Waals surface area (Å²) in [5, 5.41) is 0. The van der Waals surface area contributed by atoms with Crippen molar-refractivity contribution < 1.29 is 9.47 Å². The van der Waals surface area contributed by atoms with Crippen molar-refractivity contribution in [1.82, 2.24) is 4.90 Å². The number of nitrogens with two attached hydrogens (primary N) is 1. The predicted octanol–water partition coefficient (Wildman–Crippen LogP) is 1.81. The number of para-hydroxylation sites is 1. The summed E-state index contributed by atoms with van der Waals surface area (Å²) in [4.78, 5) is 2.39. The van der Waals surface area contributed by atoms with Gasteiger partial charge in [0.05, 0.1) is 13.2 Å². The smallest absolute Gasteiger partial charge is 0.124 e. The van der Waals surface area contributed by atoms with Crippen LogP contribution in [0.1, 0.15) is 24.4 Å². The number of rotatable bonds is 4. The highest BCUT2D eigenvalue weighted by Crippen LogP contribution is 2.38. The minimum atomic E-state index is 0.202. The van der Waals surface area contributed by atoms with Gasteiger partial charge in [0.1, 0.15) is 11.9 Å². The monoisotopic (exact) mass is 276 g/mol. The van der Waals surface area contributed by atoms with Gasteiger partial charge in [-0.05, 0) is 32.0 Å². The van der Waals surface area contributed by atoms with Gasteiger partial charge in [-0.25, -0.2) is 0 Å². The summed E-state index contributed by atoms with van der Waals surface area (Å²) in [5.74, 6) is 1.60. The lowest BCUT2D eigenvalue weighted by Gasteiger charge is -2.23. The van der Waals surface area contributed by atoms with E-state index in [9.17, 15) is 0 Å². The van der Waals surface area contributed by atoms with E-state index in [0.29, 0.717) is 18.6 Å². The largest absolute Gasteiger partial charge is 0.488 e. The highest BCUT2D eigenvalue weighted by Gasteiger charge is 2.32. The minimum Gasteiger partial charge on any atom is -0.488 e. The van der Waals surface area contributed by atoms with Crippen molar-refractivity contribution in [3.05, 3.63) is 29.8 Å². The van der Waals surface area contributed by atoms with Crippen LogP contribution < -0.4 is 10.5 Å². The fraction of sp³-hybridized carbons (Fsp3) is 0.625. The van der Waals surface area contributed by atoms with E-state index in [1.54, 1.807) is 0 Å². The van der Waals surface area contributed by atoms with E-state index in [0.717, 1.165) is 38.3 Å². The lowest BCUT2D eigenvalue weighted by Crippen LogP contribution is -2.22. The molecule has 1 aromatic carbocycles. The minimum absolute atomic E-state index is 0.202. The Hall–Kier alpha value is -1.10. The highest BCUT2D eigenvalue weighted by atomic mass is 16.5. The fourth-order valence-electron chi connectivity index (χ4n) is 3.29. The second kappa shape index (κ2) is 6.12. The zero-order valence-corrected chi connectivity index (χ0v) is 12.1. The van der Waals surface area contributed by atoms with Crippen LogP contribution in [0.3, 0.4) is 0 Å². The van der Waals surface area contributed by atoms with E-state index in [2.05, 4.69) is 30.1 Å². The fourth-order valence-corrected chi connectivity index (χ4v) is 3.29. The number of nitrogens with zero attached hydrogens (tertiary/aromatic N) is 1. The molecule has 0 radical (unpaired) electrons. The summed E-state index contributed by atoms with van der Waals surface area (Å²) < 4.78 is 11.6. The number of hydrogen-bond acceptors (Lipinski definition) is 4. The number of benzene rings is 1. The van der Waals surface area contributed by atoms with Crippen molar-refractivity contribution in [3.63, 3.8) is 0 Å². The first-order chi connectivity index (χ1) is 9.78. The average Bonchev–Trinajstić information content (AvgIpc) is 3.09. The Morgan fingerprint density at radius 2 is 2.25 bits per heavy atom. The molecule has 0 saturated carbocycles. The van der Waals surface area contributed by atoms with Gasteiger partial charge >= 0.3 is 0 Å². The van der Waals surface area contributed by atoms with Crippen LogP contribution in [0.4, 0.5) is 0 Å². The summed E-state index contributed by atoms with van der Waals surface area (Å²) in [5.41, 5.74) is 7.12. The van der Waals surface area contributed by atoms with Crippen molar-refractivity contribution in [3.8, 4) is 5.75 Å². The Kier molecular flexibility index (Phi) is 4.24. The van der Waals surface area contributed by atoms with Crippen molar-refractivity contribution in [2.24, 2.45) is 11.7 Å². The van der Waals surface area contributed by atoms with Gasteiger partial charge in [0.2, 0.25) is 0 Å². The lowest BCUT2D eigenvalue weighted by atomic mass is 9.99. The van der Waals surface area contributed by atoms with Gasteiger partial charge in [-0.2, -0.15) is 0 Å². The quantitative estimate of drug-likeness (QED) is 0.911. The molecule has 2 saturated heterocycles. The summed E-state index contributed by atoms with van der Waals surface area (Å²) in [6.45, 7) is 3.36. The van der Waals surface area contributed by atoms with Gasteiger partial charge in [0.25, 0.3) is 0 Å². The van der Waals surface area contributed by atoms with Crippen LogP contribution in [0.2, 0.25) is 0 Å². The molecule has 20 heavy (non-hydrogen) atoms. The van der Waals surface area contributed by atoms with Crippen molar-refractivity contribution in [2.75, 3.05) is 33.4 Å². The van der Waals surface area contributed by atoms with Gasteiger partial charge < -0.3 is 15.2 Å². The third-order valence-electron chi connectivity index (χ3n) is 4.43. The van der Waals surface area contributed by atoms with Crippen LogP contribution in [0.15, 0.2) is 24.3 Å². The maximum absolute atomic E-state index is 6.15. The molecule has 0 aliphatic carbocycles. The van der Waals surface area contributed by atoms with Crippen LogP contribution in [0.5, 0.6) is 5.75 Å². The van der Waals surface area contributed by atoms with Crippen molar-refractivity contribution in [1.29, 1.82) is 0 Å². The number of ether oxygens (including phenoxy) is 2. The molecule has 2 aliphatic heterocycles. The topological polar surface area (TPSA) is 47.7 Å². The molecule has 0 amide bonds. The van der Waals surface area contributed by atoms with E-state index >= 15 is 0 Å². The summed E-state index contributed by atoms with van der Waals surface area (Å²) in [6.07, 6.45) is 2.31. The molecule has 1 aromatic rings. The molecule has 4 nitrogen and oxygen atoms in total. The van der Waals surface area contributed by atoms with E-state index in [4.69, 9.17) is 15.2 Å². The van der Waals surface area contributed by atoms with Crippen LogP contribution in [-0.4, -0.2) is 44.4 Å². The maximum Gasteiger partial charge on any atom is 0.124 e. The molecule has 2 aliphatic rings. The second-order valence-corrected chi connectivity index (χ2v) is 5.93. The zero-order valence-electron chi connectivity index (χ0n) is 12.1. The van der Waals surface area contributed by atoms with Gasteiger partial charge in [0.15, 0.2) is 0 Å². The molecule has 0 bridgehead atoms. The summed E-state index contributed by atoms with van der Waals surface area (Å²) in [6, 6.07) is 8.82. The molecular weight excluding hydrogens is 252 g/mol. The lowest BCUT2D eigenvalue weighted by molar-refractivity contribution is 0.139. The molecule has 2 N–H and O–H groups in total. The van der Waals surface area contributed by atoms with Crippen LogP contribution >= 0.6 is 0 Å². The molecular formula is C16H24N2O2. The van der Waals surface area contributed by atoms with Gasteiger partial charge in [-0.3, -0.25) is 4.90 Å². The molecule has 0 aromatic heterocycles. The molecule has 3 rings (SSSR count). The van der Waals surface area contributed by atoms with E-state index in [1.807, 2.05) is 6.07 Å². The third-order valence-corrected chi connectivity index (χ3v) is 4.43. The summed E-state index contributed by atoms with van der Waals surface area (Å²) >= 11 is 0. The highest BCUT2D eigenvalue weighted by molar-refractivity contribution is 5.37. The van der Waals surface area contributed by atoms with Gasteiger partial charge in [-0.15, -0.1) is 0 Å². The van der Waals surface area contributed by atoms with E-state index in [-0.39, 0.29) is 6.10 Å². The number of likely N-dealkylation sites (tertiary alicyclic amines) is 1. The van der Waals surface area contributed by atoms with Gasteiger partial charge in [-0.1, -0.05) is 18.2 Å². The Labute approximate surface area is 120 Å². The zero-order chi connectivity index (χ0) is 13.9. The van der Waals surface area contributed by atoms with E-state index < -0.39 is 0 Å². The molecule has 110 valence electrons. The van der Waals surface area contributed by atoms with E-state index in [1.165, 1.54) is 5.56 Å². The standard InChI is InChI=1S/C16H24N2O2/c1-18-10-12(9-17)8-15(18)14-4-2-3-5-16(14)20-13-6-7-19-11-13/h2-5,12-13,15H,6-11,17H2,1H3. The maximum atomic E-state index is 6.15. The Morgan fingerprint density at radius 3 is 2.95 bits per heavy atom. The van der Waals surface area contributed by atoms with Crippen molar-refractivity contribution in [2.45, 2.75) is 25.0 Å².